The Kier molecular flexibility index (Phi) is 7.62. The number of carbonyl (C=O) groups excluding carboxylic acids is 1. The number of rotatable bonds is 8. The molecule has 0 aromatic heterocycles. The van der Waals surface area contributed by atoms with E-state index in [0.717, 1.165) is 4.90 Å². The first-order chi connectivity index (χ1) is 8.61. The number of hydrogen-bond donors (Lipinski definition) is 3. The summed E-state index contributed by atoms with van der Waals surface area (Å²) in [5.41, 5.74) is 0. The first kappa shape index (κ1) is 17.8. The van der Waals surface area contributed by atoms with Gasteiger partial charge < -0.3 is 24.5 Å². The van der Waals surface area contributed by atoms with Gasteiger partial charge in [-0.15, -0.1) is 0 Å². The lowest BCUT2D eigenvalue weighted by Crippen LogP contribution is -2.36. The van der Waals surface area contributed by atoms with Gasteiger partial charge in [0.2, 0.25) is 6.79 Å². The third-order valence-electron chi connectivity index (χ3n) is 1.84. The maximum Gasteiger partial charge on any atom is 0.472 e. The Morgan fingerprint density at radius 3 is 2.32 bits per heavy atom. The minimum atomic E-state index is -4.70. The average Bonchev–Trinajstić information content (AvgIpc) is 2.21. The maximum atomic E-state index is 11.6. The fourth-order valence-corrected chi connectivity index (χ4v) is 1.36. The predicted octanol–water partition coefficient (Wildman–Crippen LogP) is 0.623. The molecular weight excluding hydrogens is 281 g/mol. The molecule has 0 bridgehead atoms. The van der Waals surface area contributed by atoms with Crippen LogP contribution in [0.15, 0.2) is 0 Å². The highest BCUT2D eigenvalue weighted by molar-refractivity contribution is 7.46. The Morgan fingerprint density at radius 1 is 1.32 bits per heavy atom. The van der Waals surface area contributed by atoms with Crippen molar-refractivity contribution in [3.05, 3.63) is 0 Å². The second kappa shape index (κ2) is 8.11. The monoisotopic (exact) mass is 299 g/mol. The van der Waals surface area contributed by atoms with Gasteiger partial charge in [0.15, 0.2) is 0 Å². The summed E-state index contributed by atoms with van der Waals surface area (Å²) < 4.78 is 18.8. The summed E-state index contributed by atoms with van der Waals surface area (Å²) >= 11 is 0. The molecule has 0 saturated heterocycles. The molecule has 0 heterocycles. The number of carboxylic acids is 1. The van der Waals surface area contributed by atoms with Crippen LogP contribution in [0.25, 0.3) is 0 Å². The third kappa shape index (κ3) is 10.5. The van der Waals surface area contributed by atoms with Gasteiger partial charge in [-0.25, -0.2) is 13.9 Å². The zero-order valence-electron chi connectivity index (χ0n) is 10.7. The van der Waals surface area contributed by atoms with E-state index in [1.54, 1.807) is 0 Å². The molecule has 0 aromatic rings. The summed E-state index contributed by atoms with van der Waals surface area (Å²) in [4.78, 5) is 39.9. The van der Waals surface area contributed by atoms with Crippen molar-refractivity contribution in [1.29, 1.82) is 0 Å². The number of carbonyl (C=O) groups is 2. The highest BCUT2D eigenvalue weighted by Gasteiger charge is 2.20. The quantitative estimate of drug-likeness (QED) is 0.438. The number of carboxylic acid groups (broad SMARTS) is 1. The zero-order chi connectivity index (χ0) is 15.1. The van der Waals surface area contributed by atoms with Crippen LogP contribution in [0.5, 0.6) is 0 Å². The Morgan fingerprint density at radius 2 is 1.89 bits per heavy atom. The molecule has 0 atom stereocenters. The third-order valence-corrected chi connectivity index (χ3v) is 2.28. The van der Waals surface area contributed by atoms with Crippen LogP contribution in [0.1, 0.15) is 20.3 Å². The fourth-order valence-electron chi connectivity index (χ4n) is 1.17. The lowest BCUT2D eigenvalue weighted by Gasteiger charge is -2.23. The number of ether oxygens (including phenoxy) is 1. The van der Waals surface area contributed by atoms with Crippen molar-refractivity contribution in [2.45, 2.75) is 20.3 Å². The topological polar surface area (TPSA) is 134 Å². The van der Waals surface area contributed by atoms with Crippen molar-refractivity contribution in [2.24, 2.45) is 5.92 Å². The van der Waals surface area contributed by atoms with Crippen molar-refractivity contribution in [3.8, 4) is 0 Å². The van der Waals surface area contributed by atoms with Gasteiger partial charge in [-0.3, -0.25) is 4.79 Å². The predicted molar refractivity (Wildman–Crippen MR) is 63.1 cm³/mol. The lowest BCUT2D eigenvalue weighted by atomic mass is 10.2. The van der Waals surface area contributed by atoms with Crippen LogP contribution in [0.4, 0.5) is 4.79 Å². The summed E-state index contributed by atoms with van der Waals surface area (Å²) in [6.45, 7) is 2.97. The Hall–Kier alpha value is -1.15. The molecule has 0 spiro atoms. The molecule has 0 radical (unpaired) electrons. The van der Waals surface area contributed by atoms with Crippen LogP contribution in [-0.2, 0) is 18.6 Å². The zero-order valence-corrected chi connectivity index (χ0v) is 11.6. The van der Waals surface area contributed by atoms with E-state index in [1.807, 2.05) is 13.8 Å². The van der Waals surface area contributed by atoms with E-state index in [1.165, 1.54) is 0 Å². The molecule has 0 aliphatic heterocycles. The van der Waals surface area contributed by atoms with Crippen molar-refractivity contribution < 1.29 is 38.3 Å². The number of aliphatic carboxylic acids is 1. The van der Waals surface area contributed by atoms with Crippen molar-refractivity contribution in [3.63, 3.8) is 0 Å². The smallest absolute Gasteiger partial charge is 0.472 e. The van der Waals surface area contributed by atoms with Crippen LogP contribution >= 0.6 is 7.82 Å². The molecule has 3 N–H and O–H groups in total. The molecule has 10 heteroatoms. The highest BCUT2D eigenvalue weighted by atomic mass is 31.2. The molecule has 0 unspecified atom stereocenters. The fraction of sp³-hybridized carbons (Fsp3) is 0.778. The normalized spacial score (nSPS) is 11.4. The summed E-state index contributed by atoms with van der Waals surface area (Å²) in [6.07, 6.45) is -1.13. The molecule has 9 nitrogen and oxygen atoms in total. The van der Waals surface area contributed by atoms with Gasteiger partial charge in [0, 0.05) is 13.1 Å². The van der Waals surface area contributed by atoms with E-state index in [2.05, 4.69) is 9.26 Å². The average molecular weight is 299 g/mol. The minimum Gasteiger partial charge on any atom is -0.481 e. The van der Waals surface area contributed by atoms with E-state index >= 15 is 0 Å². The lowest BCUT2D eigenvalue weighted by molar-refractivity contribution is -0.137. The highest BCUT2D eigenvalue weighted by Crippen LogP contribution is 2.35. The van der Waals surface area contributed by atoms with Gasteiger partial charge in [0.25, 0.3) is 0 Å². The molecule has 0 aliphatic carbocycles. The van der Waals surface area contributed by atoms with Gasteiger partial charge in [-0.2, -0.15) is 0 Å². The number of phosphoric ester groups is 1. The Bertz CT molecular complexity index is 352. The van der Waals surface area contributed by atoms with Crippen LogP contribution < -0.4 is 0 Å². The second-order valence-corrected chi connectivity index (χ2v) is 5.37. The van der Waals surface area contributed by atoms with E-state index in [9.17, 15) is 14.2 Å². The molecular formula is C9H18NO8P. The molecule has 0 saturated carbocycles. The van der Waals surface area contributed by atoms with Gasteiger partial charge in [0.05, 0.1) is 6.42 Å². The summed E-state index contributed by atoms with van der Waals surface area (Å²) in [7, 11) is -4.70. The van der Waals surface area contributed by atoms with Gasteiger partial charge in [0.1, 0.15) is 0 Å². The molecule has 112 valence electrons. The molecule has 19 heavy (non-hydrogen) atoms. The first-order valence-electron chi connectivity index (χ1n) is 5.45. The van der Waals surface area contributed by atoms with Gasteiger partial charge >= 0.3 is 19.9 Å². The molecule has 0 aliphatic rings. The van der Waals surface area contributed by atoms with Crippen molar-refractivity contribution >= 4 is 19.9 Å². The minimum absolute atomic E-state index is 0.0533. The van der Waals surface area contributed by atoms with E-state index in [0.29, 0.717) is 0 Å². The van der Waals surface area contributed by atoms with Crippen LogP contribution in [0, 0.1) is 5.92 Å². The Labute approximate surface area is 110 Å². The molecule has 0 fully saturated rings. The van der Waals surface area contributed by atoms with Crippen molar-refractivity contribution in [2.75, 3.05) is 19.9 Å². The van der Waals surface area contributed by atoms with Gasteiger partial charge in [-0.1, -0.05) is 13.8 Å². The second-order valence-electron chi connectivity index (χ2n) is 4.13. The first-order valence-corrected chi connectivity index (χ1v) is 6.98. The van der Waals surface area contributed by atoms with Crippen LogP contribution in [0.3, 0.4) is 0 Å². The number of nitrogens with zero attached hydrogens (tertiary/aromatic N) is 1. The Balaban J connectivity index is 4.29. The standard InChI is InChI=1S/C9H18NO8P/c1-7(2)5-10(4-3-8(11)12)9(13)17-6-18-19(14,15)16/h7H,3-6H2,1-2H3,(H,11,12)(H2,14,15,16). The van der Waals surface area contributed by atoms with Gasteiger partial charge in [-0.05, 0) is 5.92 Å². The van der Waals surface area contributed by atoms with Crippen LogP contribution in [0.2, 0.25) is 0 Å². The molecule has 0 rings (SSSR count). The summed E-state index contributed by atoms with van der Waals surface area (Å²) in [6, 6.07) is 0. The van der Waals surface area contributed by atoms with E-state index in [4.69, 9.17) is 14.9 Å². The summed E-state index contributed by atoms with van der Waals surface area (Å²) in [5, 5.41) is 8.55. The maximum absolute atomic E-state index is 11.6. The molecule has 0 aromatic carbocycles. The SMILES string of the molecule is CC(C)CN(CCC(=O)O)C(=O)OCOP(=O)(O)O. The van der Waals surface area contributed by atoms with E-state index in [-0.39, 0.29) is 25.4 Å². The van der Waals surface area contributed by atoms with Crippen LogP contribution in [-0.4, -0.2) is 51.7 Å². The summed E-state index contributed by atoms with van der Waals surface area (Å²) in [5.74, 6) is -0.975. The molecule has 1 amide bonds. The van der Waals surface area contributed by atoms with Crippen molar-refractivity contribution in [1.82, 2.24) is 4.90 Å². The number of amides is 1. The van der Waals surface area contributed by atoms with E-state index < -0.39 is 26.7 Å². The number of phosphoric acid groups is 1. The largest absolute Gasteiger partial charge is 0.481 e. The number of hydrogen-bond acceptors (Lipinski definition) is 5.